The number of hydrogen-bond donors (Lipinski definition) is 1. The minimum Gasteiger partial charge on any atom is -0.467 e. The average Bonchev–Trinajstić information content (AvgIpc) is 2.80. The topological polar surface area (TPSA) is 34.4 Å². The van der Waals surface area contributed by atoms with Crippen LogP contribution in [0.15, 0.2) is 41.0 Å². The van der Waals surface area contributed by atoms with Gasteiger partial charge in [0.1, 0.15) is 18.2 Å². The van der Waals surface area contributed by atoms with E-state index in [2.05, 4.69) is 5.32 Å². The number of rotatable bonds is 6. The number of furan rings is 1. The smallest absolute Gasteiger partial charge is 0.133 e. The summed E-state index contributed by atoms with van der Waals surface area (Å²) in [4.78, 5) is 0. The maximum absolute atomic E-state index is 13.3. The standard InChI is InChI=1S/C14H16FNO2/c1-16-8-11-6-7-18-14(11)10-17-9-12-4-2-3-5-13(12)15/h2-7,16H,8-10H2,1H3. The Morgan fingerprint density at radius 1 is 1.17 bits per heavy atom. The molecule has 2 rings (SSSR count). The average molecular weight is 249 g/mol. The lowest BCUT2D eigenvalue weighted by atomic mass is 10.2. The molecule has 0 bridgehead atoms. The van der Waals surface area contributed by atoms with E-state index >= 15 is 0 Å². The molecule has 96 valence electrons. The summed E-state index contributed by atoms with van der Waals surface area (Å²) in [5.41, 5.74) is 1.62. The van der Waals surface area contributed by atoms with Crippen molar-refractivity contribution in [3.05, 3.63) is 59.3 Å². The lowest BCUT2D eigenvalue weighted by molar-refractivity contribution is 0.0901. The number of hydrogen-bond acceptors (Lipinski definition) is 3. The first-order valence-corrected chi connectivity index (χ1v) is 5.82. The van der Waals surface area contributed by atoms with Gasteiger partial charge >= 0.3 is 0 Å². The molecule has 0 saturated carbocycles. The molecule has 0 spiro atoms. The second kappa shape index (κ2) is 6.33. The van der Waals surface area contributed by atoms with Crippen LogP contribution in [0.1, 0.15) is 16.9 Å². The van der Waals surface area contributed by atoms with Crippen molar-refractivity contribution >= 4 is 0 Å². The van der Waals surface area contributed by atoms with Gasteiger partial charge in [-0.15, -0.1) is 0 Å². The first kappa shape index (κ1) is 12.8. The summed E-state index contributed by atoms with van der Waals surface area (Å²) in [7, 11) is 1.87. The highest BCUT2D eigenvalue weighted by Gasteiger charge is 2.06. The van der Waals surface area contributed by atoms with E-state index in [0.717, 1.165) is 17.9 Å². The van der Waals surface area contributed by atoms with Crippen LogP contribution < -0.4 is 5.32 Å². The zero-order chi connectivity index (χ0) is 12.8. The summed E-state index contributed by atoms with van der Waals surface area (Å²) < 4.78 is 24.1. The zero-order valence-electron chi connectivity index (χ0n) is 10.3. The molecule has 0 aliphatic heterocycles. The van der Waals surface area contributed by atoms with E-state index in [0.29, 0.717) is 12.2 Å². The van der Waals surface area contributed by atoms with Crippen LogP contribution in [0.3, 0.4) is 0 Å². The molecule has 1 aromatic carbocycles. The Morgan fingerprint density at radius 2 is 2.00 bits per heavy atom. The maximum Gasteiger partial charge on any atom is 0.133 e. The van der Waals surface area contributed by atoms with Crippen LogP contribution in [0.25, 0.3) is 0 Å². The van der Waals surface area contributed by atoms with Gasteiger partial charge in [0.25, 0.3) is 0 Å². The van der Waals surface area contributed by atoms with Crippen LogP contribution in [0, 0.1) is 5.82 Å². The van der Waals surface area contributed by atoms with Crippen molar-refractivity contribution in [1.29, 1.82) is 0 Å². The fraction of sp³-hybridized carbons (Fsp3) is 0.286. The molecule has 1 heterocycles. The summed E-state index contributed by atoms with van der Waals surface area (Å²) >= 11 is 0. The molecule has 0 atom stereocenters. The Kier molecular flexibility index (Phi) is 4.50. The molecule has 1 N–H and O–H groups in total. The van der Waals surface area contributed by atoms with Crippen LogP contribution in [0.5, 0.6) is 0 Å². The number of benzene rings is 1. The molecule has 0 unspecified atom stereocenters. The second-order valence-corrected chi connectivity index (χ2v) is 3.98. The Hall–Kier alpha value is -1.65. The Labute approximate surface area is 106 Å². The van der Waals surface area contributed by atoms with Crippen molar-refractivity contribution in [2.75, 3.05) is 7.05 Å². The first-order valence-electron chi connectivity index (χ1n) is 5.82. The van der Waals surface area contributed by atoms with Crippen molar-refractivity contribution in [1.82, 2.24) is 5.32 Å². The van der Waals surface area contributed by atoms with Crippen molar-refractivity contribution in [3.63, 3.8) is 0 Å². The van der Waals surface area contributed by atoms with Gasteiger partial charge in [-0.05, 0) is 19.2 Å². The first-order chi connectivity index (χ1) is 8.81. The maximum atomic E-state index is 13.3. The SMILES string of the molecule is CNCc1ccoc1COCc1ccccc1F. The second-order valence-electron chi connectivity index (χ2n) is 3.98. The third-order valence-corrected chi connectivity index (χ3v) is 2.65. The minimum absolute atomic E-state index is 0.242. The number of nitrogens with one attached hydrogen (secondary N) is 1. The lowest BCUT2D eigenvalue weighted by Crippen LogP contribution is -2.06. The number of halogens is 1. The van der Waals surface area contributed by atoms with Gasteiger partial charge in [0.15, 0.2) is 0 Å². The minimum atomic E-state index is -0.243. The van der Waals surface area contributed by atoms with Gasteiger partial charge in [0.2, 0.25) is 0 Å². The highest BCUT2D eigenvalue weighted by molar-refractivity contribution is 5.17. The predicted molar refractivity (Wildman–Crippen MR) is 66.4 cm³/mol. The van der Waals surface area contributed by atoms with Gasteiger partial charge in [-0.2, -0.15) is 0 Å². The molecule has 18 heavy (non-hydrogen) atoms. The highest BCUT2D eigenvalue weighted by atomic mass is 19.1. The molecule has 0 aliphatic carbocycles. The molecule has 0 aliphatic rings. The lowest BCUT2D eigenvalue weighted by Gasteiger charge is -2.05. The highest BCUT2D eigenvalue weighted by Crippen LogP contribution is 2.14. The van der Waals surface area contributed by atoms with E-state index in [1.54, 1.807) is 24.5 Å². The predicted octanol–water partition coefficient (Wildman–Crippen LogP) is 2.85. The normalized spacial score (nSPS) is 10.8. The summed E-state index contributed by atoms with van der Waals surface area (Å²) in [6, 6.07) is 8.50. The van der Waals surface area contributed by atoms with Crippen LogP contribution in [0.4, 0.5) is 4.39 Å². The molecule has 0 fully saturated rings. The largest absolute Gasteiger partial charge is 0.467 e. The Morgan fingerprint density at radius 3 is 2.78 bits per heavy atom. The van der Waals surface area contributed by atoms with Crippen LogP contribution in [0.2, 0.25) is 0 Å². The van der Waals surface area contributed by atoms with Gasteiger partial charge in [0.05, 0.1) is 12.9 Å². The summed E-state index contributed by atoms with van der Waals surface area (Å²) in [5.74, 6) is 0.535. The quantitative estimate of drug-likeness (QED) is 0.854. The van der Waals surface area contributed by atoms with Gasteiger partial charge in [0, 0.05) is 17.7 Å². The van der Waals surface area contributed by atoms with Crippen LogP contribution in [-0.4, -0.2) is 7.05 Å². The van der Waals surface area contributed by atoms with Crippen LogP contribution in [-0.2, 0) is 24.5 Å². The van der Waals surface area contributed by atoms with Gasteiger partial charge in [-0.1, -0.05) is 18.2 Å². The van der Waals surface area contributed by atoms with E-state index in [4.69, 9.17) is 9.15 Å². The monoisotopic (exact) mass is 249 g/mol. The molecular formula is C14H16FNO2. The third kappa shape index (κ3) is 3.18. The molecule has 1 aromatic heterocycles. The van der Waals surface area contributed by atoms with Crippen molar-refractivity contribution in [3.8, 4) is 0 Å². The summed E-state index contributed by atoms with van der Waals surface area (Å²) in [6.45, 7) is 1.32. The zero-order valence-corrected chi connectivity index (χ0v) is 10.3. The van der Waals surface area contributed by atoms with Crippen molar-refractivity contribution < 1.29 is 13.5 Å². The molecular weight excluding hydrogens is 233 g/mol. The third-order valence-electron chi connectivity index (χ3n) is 2.65. The molecule has 0 saturated heterocycles. The van der Waals surface area contributed by atoms with Crippen LogP contribution >= 0.6 is 0 Å². The van der Waals surface area contributed by atoms with Crippen molar-refractivity contribution in [2.24, 2.45) is 0 Å². The fourth-order valence-corrected chi connectivity index (χ4v) is 1.71. The molecule has 4 heteroatoms. The van der Waals surface area contributed by atoms with E-state index in [-0.39, 0.29) is 12.4 Å². The Balaban J connectivity index is 1.88. The summed E-state index contributed by atoms with van der Waals surface area (Å²) in [6.07, 6.45) is 1.63. The van der Waals surface area contributed by atoms with Crippen molar-refractivity contribution in [2.45, 2.75) is 19.8 Å². The van der Waals surface area contributed by atoms with Gasteiger partial charge in [-0.3, -0.25) is 0 Å². The van der Waals surface area contributed by atoms with Gasteiger partial charge < -0.3 is 14.5 Å². The molecule has 0 radical (unpaired) electrons. The Bertz CT molecular complexity index is 496. The number of ether oxygens (including phenoxy) is 1. The molecule has 3 nitrogen and oxygen atoms in total. The molecule has 0 amide bonds. The molecule has 2 aromatic rings. The van der Waals surface area contributed by atoms with E-state index in [1.165, 1.54) is 6.07 Å². The summed E-state index contributed by atoms with van der Waals surface area (Å²) in [5, 5.41) is 3.05. The van der Waals surface area contributed by atoms with E-state index in [1.807, 2.05) is 13.1 Å². The van der Waals surface area contributed by atoms with Gasteiger partial charge in [-0.25, -0.2) is 4.39 Å². The fourth-order valence-electron chi connectivity index (χ4n) is 1.71. The van der Waals surface area contributed by atoms with E-state index in [9.17, 15) is 4.39 Å². The van der Waals surface area contributed by atoms with E-state index < -0.39 is 0 Å².